The summed E-state index contributed by atoms with van der Waals surface area (Å²) in [5, 5.41) is 4.08. The molecule has 4 heterocycles. The number of carbonyl (C=O) groups is 2. The summed E-state index contributed by atoms with van der Waals surface area (Å²) in [6.07, 6.45) is 7.68. The minimum atomic E-state index is -0.436. The van der Waals surface area contributed by atoms with E-state index in [2.05, 4.69) is 10.1 Å². The van der Waals surface area contributed by atoms with Crippen LogP contribution in [0.2, 0.25) is 0 Å². The number of amides is 2. The van der Waals surface area contributed by atoms with Gasteiger partial charge in [-0.1, -0.05) is 6.07 Å². The fourth-order valence-electron chi connectivity index (χ4n) is 4.19. The van der Waals surface area contributed by atoms with Crippen LogP contribution in [0.3, 0.4) is 0 Å². The zero-order valence-corrected chi connectivity index (χ0v) is 15.0. The lowest BCUT2D eigenvalue weighted by Crippen LogP contribution is -2.50. The van der Waals surface area contributed by atoms with Crippen LogP contribution in [0.4, 0.5) is 0 Å². The summed E-state index contributed by atoms with van der Waals surface area (Å²) in [6.45, 7) is 2.52. The van der Waals surface area contributed by atoms with Crippen molar-refractivity contribution in [2.75, 3.05) is 19.6 Å². The molecule has 2 aliphatic heterocycles. The van der Waals surface area contributed by atoms with Gasteiger partial charge in [0.05, 0.1) is 5.41 Å². The average Bonchev–Trinajstić information content (AvgIpc) is 3.21. The fraction of sp³-hybridized carbons (Fsp3) is 0.474. The third kappa shape index (κ3) is 2.87. The smallest absolute Gasteiger partial charge is 0.272 e. The summed E-state index contributed by atoms with van der Waals surface area (Å²) in [5.74, 6) is 0.131. The van der Waals surface area contributed by atoms with Crippen molar-refractivity contribution < 1.29 is 9.59 Å². The van der Waals surface area contributed by atoms with Crippen LogP contribution in [-0.4, -0.2) is 56.0 Å². The number of likely N-dealkylation sites (tertiary alicyclic amines) is 2. The highest BCUT2D eigenvalue weighted by molar-refractivity contribution is 5.93. The van der Waals surface area contributed by atoms with E-state index in [4.69, 9.17) is 0 Å². The summed E-state index contributed by atoms with van der Waals surface area (Å²) in [5.41, 5.74) is 1.17. The minimum Gasteiger partial charge on any atom is -0.338 e. The molecule has 0 N–H and O–H groups in total. The number of piperidine rings is 1. The van der Waals surface area contributed by atoms with Crippen LogP contribution in [0.25, 0.3) is 0 Å². The topological polar surface area (TPSA) is 71.3 Å². The monoisotopic (exact) mass is 353 g/mol. The minimum absolute atomic E-state index is 0.0393. The van der Waals surface area contributed by atoms with E-state index in [0.29, 0.717) is 25.3 Å². The Morgan fingerprint density at radius 3 is 2.85 bits per heavy atom. The molecule has 0 aromatic carbocycles. The lowest BCUT2D eigenvalue weighted by Gasteiger charge is -2.39. The Bertz CT molecular complexity index is 818. The molecule has 1 spiro atoms. The molecule has 26 heavy (non-hydrogen) atoms. The van der Waals surface area contributed by atoms with Gasteiger partial charge in [-0.05, 0) is 37.0 Å². The molecule has 7 heteroatoms. The quantitative estimate of drug-likeness (QED) is 0.838. The van der Waals surface area contributed by atoms with Crippen molar-refractivity contribution in [1.29, 1.82) is 0 Å². The zero-order valence-electron chi connectivity index (χ0n) is 15.0. The van der Waals surface area contributed by atoms with Crippen molar-refractivity contribution in [1.82, 2.24) is 24.6 Å². The van der Waals surface area contributed by atoms with Crippen molar-refractivity contribution in [2.24, 2.45) is 12.5 Å². The van der Waals surface area contributed by atoms with Gasteiger partial charge in [0.15, 0.2) is 0 Å². The summed E-state index contributed by atoms with van der Waals surface area (Å²) in [4.78, 5) is 33.9. The first-order chi connectivity index (χ1) is 12.6. The Hall–Kier alpha value is -2.70. The van der Waals surface area contributed by atoms with Gasteiger partial charge >= 0.3 is 0 Å². The van der Waals surface area contributed by atoms with Crippen LogP contribution in [0.15, 0.2) is 36.8 Å². The van der Waals surface area contributed by atoms with Crippen LogP contribution in [0.5, 0.6) is 0 Å². The molecule has 0 saturated carbocycles. The molecule has 0 radical (unpaired) electrons. The maximum absolute atomic E-state index is 13.2. The van der Waals surface area contributed by atoms with E-state index in [1.165, 1.54) is 0 Å². The van der Waals surface area contributed by atoms with Gasteiger partial charge in [0.25, 0.3) is 5.91 Å². The third-order valence-electron chi connectivity index (χ3n) is 5.60. The molecule has 2 aromatic rings. The van der Waals surface area contributed by atoms with Crippen LogP contribution in [0, 0.1) is 5.41 Å². The van der Waals surface area contributed by atoms with Gasteiger partial charge in [-0.25, -0.2) is 0 Å². The lowest BCUT2D eigenvalue weighted by atomic mass is 9.78. The third-order valence-corrected chi connectivity index (χ3v) is 5.60. The van der Waals surface area contributed by atoms with Gasteiger partial charge in [-0.2, -0.15) is 5.10 Å². The summed E-state index contributed by atoms with van der Waals surface area (Å²) in [7, 11) is 1.77. The van der Waals surface area contributed by atoms with E-state index in [0.717, 1.165) is 31.4 Å². The van der Waals surface area contributed by atoms with E-state index in [1.807, 2.05) is 21.9 Å². The van der Waals surface area contributed by atoms with Crippen molar-refractivity contribution in [3.05, 3.63) is 48.0 Å². The van der Waals surface area contributed by atoms with E-state index in [9.17, 15) is 9.59 Å². The molecule has 2 amide bonds. The van der Waals surface area contributed by atoms with Crippen molar-refractivity contribution in [3.8, 4) is 0 Å². The maximum Gasteiger partial charge on any atom is 0.272 e. The first-order valence-electron chi connectivity index (χ1n) is 9.05. The molecule has 7 nitrogen and oxygen atoms in total. The summed E-state index contributed by atoms with van der Waals surface area (Å²) >= 11 is 0. The Morgan fingerprint density at radius 1 is 1.23 bits per heavy atom. The van der Waals surface area contributed by atoms with Crippen LogP contribution in [-0.2, 0) is 18.4 Å². The second kappa shape index (κ2) is 6.55. The second-order valence-corrected chi connectivity index (χ2v) is 7.29. The normalized spacial score (nSPS) is 23.0. The fourth-order valence-corrected chi connectivity index (χ4v) is 4.19. The number of pyridine rings is 1. The number of hydrogen-bond donors (Lipinski definition) is 0. The molecule has 136 valence electrons. The SMILES string of the molecule is Cn1nccc1C(=O)N1CCCC2(CCN(Cc3cccnc3)C2=O)C1. The molecule has 1 atom stereocenters. The van der Waals surface area contributed by atoms with E-state index < -0.39 is 5.41 Å². The highest BCUT2D eigenvalue weighted by Gasteiger charge is 2.49. The number of carbonyl (C=O) groups excluding carboxylic acids is 2. The van der Waals surface area contributed by atoms with Gasteiger partial charge in [0.1, 0.15) is 5.69 Å². The Labute approximate surface area is 152 Å². The molecule has 2 aliphatic rings. The lowest BCUT2D eigenvalue weighted by molar-refractivity contribution is -0.138. The van der Waals surface area contributed by atoms with E-state index >= 15 is 0 Å². The number of aromatic nitrogens is 3. The van der Waals surface area contributed by atoms with E-state index in [1.54, 1.807) is 36.4 Å². The largest absolute Gasteiger partial charge is 0.338 e. The number of rotatable bonds is 3. The Morgan fingerprint density at radius 2 is 2.12 bits per heavy atom. The predicted octanol–water partition coefficient (Wildman–Crippen LogP) is 1.47. The van der Waals surface area contributed by atoms with Gasteiger partial charge < -0.3 is 9.80 Å². The maximum atomic E-state index is 13.2. The van der Waals surface area contributed by atoms with Gasteiger partial charge in [0, 0.05) is 51.8 Å². The highest BCUT2D eigenvalue weighted by Crippen LogP contribution is 2.41. The highest BCUT2D eigenvalue weighted by atomic mass is 16.2. The first kappa shape index (κ1) is 16.8. The second-order valence-electron chi connectivity index (χ2n) is 7.29. The van der Waals surface area contributed by atoms with Crippen molar-refractivity contribution >= 4 is 11.8 Å². The molecular formula is C19H23N5O2. The van der Waals surface area contributed by atoms with Gasteiger partial charge in [0.2, 0.25) is 5.91 Å². The van der Waals surface area contributed by atoms with Crippen molar-refractivity contribution in [2.45, 2.75) is 25.8 Å². The Kier molecular flexibility index (Phi) is 4.22. The molecule has 4 rings (SSSR count). The number of nitrogens with zero attached hydrogens (tertiary/aromatic N) is 5. The van der Waals surface area contributed by atoms with Crippen molar-refractivity contribution in [3.63, 3.8) is 0 Å². The van der Waals surface area contributed by atoms with Crippen LogP contribution in [0.1, 0.15) is 35.3 Å². The number of hydrogen-bond acceptors (Lipinski definition) is 4. The molecule has 2 aromatic heterocycles. The van der Waals surface area contributed by atoms with Crippen LogP contribution < -0.4 is 0 Å². The molecule has 1 unspecified atom stereocenters. The van der Waals surface area contributed by atoms with Crippen LogP contribution >= 0.6 is 0 Å². The number of aryl methyl sites for hydroxylation is 1. The molecule has 2 fully saturated rings. The van der Waals surface area contributed by atoms with E-state index in [-0.39, 0.29) is 11.8 Å². The first-order valence-corrected chi connectivity index (χ1v) is 9.05. The zero-order chi connectivity index (χ0) is 18.1. The molecule has 2 saturated heterocycles. The predicted molar refractivity (Wildman–Crippen MR) is 95.0 cm³/mol. The summed E-state index contributed by atoms with van der Waals surface area (Å²) in [6, 6.07) is 5.61. The summed E-state index contributed by atoms with van der Waals surface area (Å²) < 4.78 is 1.59. The standard InChI is InChI=1S/C19H23N5O2/c1-22-16(5-9-21-22)17(25)24-10-3-6-19(14-24)7-11-23(18(19)26)13-15-4-2-8-20-12-15/h2,4-5,8-9,12H,3,6-7,10-11,13-14H2,1H3. The molecule has 0 aliphatic carbocycles. The Balaban J connectivity index is 1.49. The average molecular weight is 353 g/mol. The molecule has 0 bridgehead atoms. The van der Waals surface area contributed by atoms with Gasteiger partial charge in [-0.3, -0.25) is 19.3 Å². The van der Waals surface area contributed by atoms with Gasteiger partial charge in [-0.15, -0.1) is 0 Å². The molecular weight excluding hydrogens is 330 g/mol.